The minimum absolute atomic E-state index is 0.0424. The molecule has 1 atom stereocenters. The second kappa shape index (κ2) is 13.6. The van der Waals surface area contributed by atoms with Gasteiger partial charge < -0.3 is 29.1 Å². The van der Waals surface area contributed by atoms with Crippen molar-refractivity contribution in [2.24, 2.45) is 0 Å². The molecule has 0 fully saturated rings. The second-order valence-corrected chi connectivity index (χ2v) is 11.4. The van der Waals surface area contributed by atoms with Crippen molar-refractivity contribution >= 4 is 11.0 Å². The Morgan fingerprint density at radius 2 is 1.37 bits per heavy atom. The summed E-state index contributed by atoms with van der Waals surface area (Å²) in [6.45, 7) is 6.93. The lowest BCUT2D eigenvalue weighted by molar-refractivity contribution is 0.0999. The van der Waals surface area contributed by atoms with Crippen LogP contribution in [0.5, 0.6) is 17.2 Å². The molecule has 7 nitrogen and oxygen atoms in total. The van der Waals surface area contributed by atoms with E-state index in [-0.39, 0.29) is 41.9 Å². The highest BCUT2D eigenvalue weighted by Gasteiger charge is 2.22. The first-order chi connectivity index (χ1) is 20.8. The SMILES string of the molecule is CC(C)(C)NCC(O)COc1cc(OCc2ccccc2)c2c(=O)c(OCc3ccccc3)c(-c3ccccc3)oc2c1. The summed E-state index contributed by atoms with van der Waals surface area (Å²) in [5, 5.41) is 14.0. The number of benzene rings is 4. The monoisotopic (exact) mass is 579 g/mol. The molecule has 0 aliphatic carbocycles. The Kier molecular flexibility index (Phi) is 9.45. The molecule has 0 amide bonds. The molecule has 1 aromatic heterocycles. The predicted molar refractivity (Wildman–Crippen MR) is 169 cm³/mol. The summed E-state index contributed by atoms with van der Waals surface area (Å²) in [7, 11) is 0. The Hall–Kier alpha value is -4.59. The Bertz CT molecular complexity index is 1680. The van der Waals surface area contributed by atoms with Gasteiger partial charge in [-0.05, 0) is 31.9 Å². The van der Waals surface area contributed by atoms with Crippen LogP contribution in [0.25, 0.3) is 22.3 Å². The predicted octanol–water partition coefficient (Wildman–Crippen LogP) is 6.75. The first-order valence-corrected chi connectivity index (χ1v) is 14.4. The van der Waals surface area contributed by atoms with Crippen LogP contribution in [0.1, 0.15) is 31.9 Å². The molecule has 43 heavy (non-hydrogen) atoms. The van der Waals surface area contributed by atoms with Crippen LogP contribution in [0, 0.1) is 0 Å². The van der Waals surface area contributed by atoms with Gasteiger partial charge in [0.05, 0.1) is 0 Å². The molecule has 5 aromatic rings. The summed E-state index contributed by atoms with van der Waals surface area (Å²) < 4.78 is 24.8. The summed E-state index contributed by atoms with van der Waals surface area (Å²) >= 11 is 0. The van der Waals surface area contributed by atoms with Gasteiger partial charge >= 0.3 is 0 Å². The molecule has 0 spiro atoms. The van der Waals surface area contributed by atoms with Crippen molar-refractivity contribution < 1.29 is 23.7 Å². The van der Waals surface area contributed by atoms with E-state index in [0.717, 1.165) is 11.1 Å². The lowest BCUT2D eigenvalue weighted by Crippen LogP contribution is -2.42. The van der Waals surface area contributed by atoms with Gasteiger partial charge in [0.1, 0.15) is 48.4 Å². The highest BCUT2D eigenvalue weighted by molar-refractivity contribution is 5.88. The number of aliphatic hydroxyl groups is 1. The molecule has 0 radical (unpaired) electrons. The molecule has 5 rings (SSSR count). The van der Waals surface area contributed by atoms with E-state index in [1.54, 1.807) is 12.1 Å². The highest BCUT2D eigenvalue weighted by atomic mass is 16.5. The van der Waals surface area contributed by atoms with Crippen molar-refractivity contribution in [3.05, 3.63) is 124 Å². The maximum atomic E-state index is 14.2. The van der Waals surface area contributed by atoms with Crippen LogP contribution in [-0.2, 0) is 13.2 Å². The first kappa shape index (κ1) is 29.9. The van der Waals surface area contributed by atoms with Crippen LogP contribution in [0.2, 0.25) is 0 Å². The van der Waals surface area contributed by atoms with Crippen molar-refractivity contribution in [1.29, 1.82) is 0 Å². The molecular formula is C36H37NO6. The molecule has 7 heteroatoms. The standard InChI is InChI=1S/C36H37NO6/c1-36(2,3)37-21-28(38)24-40-29-19-30(41-22-25-13-7-4-8-14-25)32-31(20-29)43-34(27-17-11-6-12-18-27)35(33(32)39)42-23-26-15-9-5-10-16-26/h4-20,28,37-38H,21-24H2,1-3H3. The van der Waals surface area contributed by atoms with E-state index in [1.165, 1.54) is 0 Å². The van der Waals surface area contributed by atoms with Crippen LogP contribution in [0.15, 0.2) is 112 Å². The van der Waals surface area contributed by atoms with E-state index >= 15 is 0 Å². The topological polar surface area (TPSA) is 90.2 Å². The number of nitrogens with one attached hydrogen (secondary N) is 1. The summed E-state index contributed by atoms with van der Waals surface area (Å²) in [5.41, 5.74) is 2.37. The molecule has 0 saturated heterocycles. The third-order valence-corrected chi connectivity index (χ3v) is 6.70. The quantitative estimate of drug-likeness (QED) is 0.169. The van der Waals surface area contributed by atoms with E-state index in [2.05, 4.69) is 5.32 Å². The fourth-order valence-electron chi connectivity index (χ4n) is 4.49. The van der Waals surface area contributed by atoms with Gasteiger partial charge in [0, 0.05) is 29.8 Å². The number of hydrogen-bond donors (Lipinski definition) is 2. The first-order valence-electron chi connectivity index (χ1n) is 14.4. The largest absolute Gasteiger partial charge is 0.491 e. The maximum absolute atomic E-state index is 14.2. The second-order valence-electron chi connectivity index (χ2n) is 11.4. The minimum Gasteiger partial charge on any atom is -0.491 e. The molecule has 222 valence electrons. The summed E-state index contributed by atoms with van der Waals surface area (Å²) in [6.07, 6.45) is -0.746. The number of aliphatic hydroxyl groups excluding tert-OH is 1. The number of hydrogen-bond acceptors (Lipinski definition) is 7. The number of rotatable bonds is 12. The Morgan fingerprint density at radius 3 is 1.98 bits per heavy atom. The van der Waals surface area contributed by atoms with Gasteiger partial charge in [0.25, 0.3) is 0 Å². The van der Waals surface area contributed by atoms with Crippen molar-refractivity contribution in [2.75, 3.05) is 13.2 Å². The van der Waals surface area contributed by atoms with Crippen molar-refractivity contribution in [2.45, 2.75) is 45.6 Å². The maximum Gasteiger partial charge on any atom is 0.239 e. The van der Waals surface area contributed by atoms with Crippen molar-refractivity contribution in [3.63, 3.8) is 0 Å². The van der Waals surface area contributed by atoms with Gasteiger partial charge in [-0.15, -0.1) is 0 Å². The number of fused-ring (bicyclic) bond motifs is 1. The van der Waals surface area contributed by atoms with Gasteiger partial charge in [0.2, 0.25) is 11.2 Å². The molecule has 4 aromatic carbocycles. The molecule has 1 heterocycles. The van der Waals surface area contributed by atoms with Crippen molar-refractivity contribution in [1.82, 2.24) is 5.32 Å². The average Bonchev–Trinajstić information content (AvgIpc) is 3.02. The molecule has 2 N–H and O–H groups in total. The lowest BCUT2D eigenvalue weighted by atomic mass is 10.1. The zero-order valence-electron chi connectivity index (χ0n) is 24.7. The van der Waals surface area contributed by atoms with E-state index in [9.17, 15) is 9.90 Å². The Balaban J connectivity index is 1.55. The molecule has 0 saturated carbocycles. The van der Waals surface area contributed by atoms with E-state index in [0.29, 0.717) is 35.0 Å². The van der Waals surface area contributed by atoms with E-state index in [1.807, 2.05) is 112 Å². The molecule has 0 aliphatic heterocycles. The highest BCUT2D eigenvalue weighted by Crippen LogP contribution is 2.37. The van der Waals surface area contributed by atoms with Crippen LogP contribution < -0.4 is 25.0 Å². The fourth-order valence-corrected chi connectivity index (χ4v) is 4.49. The van der Waals surface area contributed by atoms with E-state index < -0.39 is 6.10 Å². The van der Waals surface area contributed by atoms with Crippen LogP contribution in [0.3, 0.4) is 0 Å². The molecular weight excluding hydrogens is 542 g/mol. The fraction of sp³-hybridized carbons (Fsp3) is 0.250. The van der Waals surface area contributed by atoms with E-state index in [4.69, 9.17) is 18.6 Å². The summed E-state index contributed by atoms with van der Waals surface area (Å²) in [4.78, 5) is 14.2. The number of ether oxygens (including phenoxy) is 3. The van der Waals surface area contributed by atoms with Gasteiger partial charge in [-0.1, -0.05) is 91.0 Å². The van der Waals surface area contributed by atoms with Gasteiger partial charge in [-0.3, -0.25) is 4.79 Å². The Morgan fingerprint density at radius 1 is 0.791 bits per heavy atom. The summed E-state index contributed by atoms with van der Waals surface area (Å²) in [5.74, 6) is 1.13. The molecule has 0 aliphatic rings. The van der Waals surface area contributed by atoms with Gasteiger partial charge in [-0.25, -0.2) is 0 Å². The van der Waals surface area contributed by atoms with Gasteiger partial charge in [-0.2, -0.15) is 0 Å². The average molecular weight is 580 g/mol. The lowest BCUT2D eigenvalue weighted by Gasteiger charge is -2.23. The van der Waals surface area contributed by atoms with Crippen LogP contribution >= 0.6 is 0 Å². The molecule has 0 bridgehead atoms. The van der Waals surface area contributed by atoms with Crippen molar-refractivity contribution in [3.8, 4) is 28.6 Å². The van der Waals surface area contributed by atoms with Crippen LogP contribution in [-0.4, -0.2) is 29.9 Å². The summed E-state index contributed by atoms with van der Waals surface area (Å²) in [6, 6.07) is 32.0. The third-order valence-electron chi connectivity index (χ3n) is 6.70. The normalized spacial score (nSPS) is 12.2. The zero-order chi connectivity index (χ0) is 30.2. The molecule has 1 unspecified atom stereocenters. The minimum atomic E-state index is -0.746. The zero-order valence-corrected chi connectivity index (χ0v) is 24.7. The third kappa shape index (κ3) is 8.03. The number of β-amino-alcohol motifs (C(OH)–C–C–N with tert-alkyl or cyclic N) is 1. The van der Waals surface area contributed by atoms with Gasteiger partial charge in [0.15, 0.2) is 5.76 Å². The smallest absolute Gasteiger partial charge is 0.239 e. The van der Waals surface area contributed by atoms with Crippen LogP contribution in [0.4, 0.5) is 0 Å². The Labute approximate surface area is 251 Å².